The summed E-state index contributed by atoms with van der Waals surface area (Å²) in [5.74, 6) is 0. The molecule has 84 valence electrons. The van der Waals surface area contributed by atoms with Crippen LogP contribution in [0.2, 0.25) is 0 Å². The van der Waals surface area contributed by atoms with Crippen molar-refractivity contribution >= 4 is 17.1 Å². The van der Waals surface area contributed by atoms with Crippen LogP contribution >= 0.6 is 0 Å². The molecule has 1 atom stereocenters. The number of rotatable bonds is 0. The van der Waals surface area contributed by atoms with Gasteiger partial charge in [0.25, 0.3) is 0 Å². The third-order valence-corrected chi connectivity index (χ3v) is 3.82. The SMILES string of the molecule is CN1c2ccccc2N2c3cnccc3CC12. The molecule has 17 heavy (non-hydrogen) atoms. The molecule has 3 nitrogen and oxygen atoms in total. The summed E-state index contributed by atoms with van der Waals surface area (Å²) in [4.78, 5) is 9.01. The predicted octanol–water partition coefficient (Wildman–Crippen LogP) is 2.55. The molecule has 0 amide bonds. The zero-order valence-corrected chi connectivity index (χ0v) is 9.67. The Hall–Kier alpha value is -2.03. The van der Waals surface area contributed by atoms with Crippen molar-refractivity contribution in [2.24, 2.45) is 0 Å². The minimum absolute atomic E-state index is 0.423. The normalized spacial score (nSPS) is 20.2. The van der Waals surface area contributed by atoms with Crippen molar-refractivity contribution in [1.29, 1.82) is 0 Å². The van der Waals surface area contributed by atoms with Gasteiger partial charge in [0.1, 0.15) is 6.17 Å². The highest BCUT2D eigenvalue weighted by Crippen LogP contribution is 2.48. The zero-order chi connectivity index (χ0) is 11.4. The second-order valence-electron chi connectivity index (χ2n) is 4.66. The molecule has 2 aromatic rings. The van der Waals surface area contributed by atoms with Crippen LogP contribution in [-0.4, -0.2) is 18.2 Å². The van der Waals surface area contributed by atoms with Gasteiger partial charge in [0, 0.05) is 19.7 Å². The molecule has 0 bridgehead atoms. The van der Waals surface area contributed by atoms with Gasteiger partial charge in [0.15, 0.2) is 0 Å². The van der Waals surface area contributed by atoms with E-state index in [-0.39, 0.29) is 0 Å². The first-order valence-corrected chi connectivity index (χ1v) is 5.90. The van der Waals surface area contributed by atoms with E-state index in [9.17, 15) is 0 Å². The number of benzene rings is 1. The van der Waals surface area contributed by atoms with Crippen molar-refractivity contribution < 1.29 is 0 Å². The summed E-state index contributed by atoms with van der Waals surface area (Å²) in [7, 11) is 2.17. The maximum atomic E-state index is 4.25. The predicted molar refractivity (Wildman–Crippen MR) is 68.7 cm³/mol. The fourth-order valence-electron chi connectivity index (χ4n) is 2.98. The number of pyridine rings is 1. The van der Waals surface area contributed by atoms with Gasteiger partial charge in [0.05, 0.1) is 23.3 Å². The minimum atomic E-state index is 0.423. The number of likely N-dealkylation sites (N-methyl/N-ethyl adjacent to an activating group) is 1. The highest BCUT2D eigenvalue weighted by molar-refractivity contribution is 5.86. The van der Waals surface area contributed by atoms with Crippen LogP contribution in [0.25, 0.3) is 0 Å². The summed E-state index contributed by atoms with van der Waals surface area (Å²) in [6, 6.07) is 10.7. The van der Waals surface area contributed by atoms with Gasteiger partial charge in [-0.3, -0.25) is 4.98 Å². The number of nitrogens with zero attached hydrogens (tertiary/aromatic N) is 3. The molecule has 3 heterocycles. The second-order valence-corrected chi connectivity index (χ2v) is 4.66. The first-order chi connectivity index (χ1) is 8.36. The monoisotopic (exact) mass is 223 g/mol. The molecule has 0 N–H and O–H groups in total. The van der Waals surface area contributed by atoms with E-state index in [2.05, 4.69) is 52.2 Å². The van der Waals surface area contributed by atoms with Crippen LogP contribution in [-0.2, 0) is 6.42 Å². The highest BCUT2D eigenvalue weighted by atomic mass is 15.4. The molecule has 3 heteroatoms. The first-order valence-electron chi connectivity index (χ1n) is 5.90. The number of aromatic nitrogens is 1. The van der Waals surface area contributed by atoms with Gasteiger partial charge in [-0.25, -0.2) is 0 Å². The largest absolute Gasteiger partial charge is 0.352 e. The molecule has 0 saturated carbocycles. The number of para-hydroxylation sites is 2. The lowest BCUT2D eigenvalue weighted by Gasteiger charge is -2.23. The Morgan fingerprint density at radius 3 is 2.82 bits per heavy atom. The standard InChI is InChI=1S/C14H13N3/c1-16-11-4-2-3-5-12(11)17-13-9-15-7-6-10(13)8-14(16)17/h2-7,9,14H,8H2,1H3. The van der Waals surface area contributed by atoms with Gasteiger partial charge in [-0.05, 0) is 23.8 Å². The van der Waals surface area contributed by atoms with Crippen molar-refractivity contribution in [2.45, 2.75) is 12.6 Å². The molecular weight excluding hydrogens is 210 g/mol. The molecular formula is C14H13N3. The molecule has 1 aromatic heterocycles. The Bertz CT molecular complexity index is 594. The molecule has 1 aromatic carbocycles. The maximum absolute atomic E-state index is 4.25. The fraction of sp³-hybridized carbons (Fsp3) is 0.214. The molecule has 0 fully saturated rings. The van der Waals surface area contributed by atoms with Crippen LogP contribution in [0.15, 0.2) is 42.7 Å². The van der Waals surface area contributed by atoms with E-state index in [1.165, 1.54) is 22.6 Å². The summed E-state index contributed by atoms with van der Waals surface area (Å²) in [6.45, 7) is 0. The third-order valence-electron chi connectivity index (χ3n) is 3.82. The molecule has 2 aliphatic rings. The van der Waals surface area contributed by atoms with Crippen molar-refractivity contribution in [2.75, 3.05) is 16.8 Å². The molecule has 4 rings (SSSR count). The van der Waals surface area contributed by atoms with Crippen LogP contribution in [0.5, 0.6) is 0 Å². The van der Waals surface area contributed by atoms with Crippen molar-refractivity contribution in [3.63, 3.8) is 0 Å². The lowest BCUT2D eigenvalue weighted by Crippen LogP contribution is -2.35. The van der Waals surface area contributed by atoms with E-state index in [1.54, 1.807) is 0 Å². The lowest BCUT2D eigenvalue weighted by atomic mass is 10.2. The average molecular weight is 223 g/mol. The Kier molecular flexibility index (Phi) is 1.60. The lowest BCUT2D eigenvalue weighted by molar-refractivity contribution is 0.704. The molecule has 0 radical (unpaired) electrons. The number of hydrogen-bond acceptors (Lipinski definition) is 3. The zero-order valence-electron chi connectivity index (χ0n) is 9.67. The molecule has 2 aliphatic heterocycles. The Morgan fingerprint density at radius 1 is 1.12 bits per heavy atom. The van der Waals surface area contributed by atoms with Crippen molar-refractivity contribution in [3.8, 4) is 0 Å². The van der Waals surface area contributed by atoms with Gasteiger partial charge in [0.2, 0.25) is 0 Å². The highest BCUT2D eigenvalue weighted by Gasteiger charge is 2.40. The van der Waals surface area contributed by atoms with Crippen molar-refractivity contribution in [3.05, 3.63) is 48.3 Å². The number of anilines is 3. The van der Waals surface area contributed by atoms with E-state index >= 15 is 0 Å². The van der Waals surface area contributed by atoms with Gasteiger partial charge in [-0.2, -0.15) is 0 Å². The van der Waals surface area contributed by atoms with Crippen molar-refractivity contribution in [1.82, 2.24) is 4.98 Å². The smallest absolute Gasteiger partial charge is 0.110 e. The topological polar surface area (TPSA) is 19.4 Å². The van der Waals surface area contributed by atoms with Crippen LogP contribution in [0, 0.1) is 0 Å². The molecule has 0 saturated heterocycles. The summed E-state index contributed by atoms with van der Waals surface area (Å²) in [6.07, 6.45) is 5.35. The first kappa shape index (κ1) is 9.05. The molecule has 1 unspecified atom stereocenters. The van der Waals surface area contributed by atoms with Crippen LogP contribution < -0.4 is 9.80 Å². The minimum Gasteiger partial charge on any atom is -0.352 e. The van der Waals surface area contributed by atoms with Crippen LogP contribution in [0.4, 0.5) is 17.1 Å². The van der Waals surface area contributed by atoms with E-state index in [1.807, 2.05) is 12.4 Å². The number of fused-ring (bicyclic) bond motifs is 5. The fourth-order valence-corrected chi connectivity index (χ4v) is 2.98. The Labute approximate surface area is 100 Å². The van der Waals surface area contributed by atoms with E-state index < -0.39 is 0 Å². The second kappa shape index (κ2) is 3.00. The van der Waals surface area contributed by atoms with Crippen LogP contribution in [0.3, 0.4) is 0 Å². The van der Waals surface area contributed by atoms with E-state index in [4.69, 9.17) is 0 Å². The average Bonchev–Trinajstić information content (AvgIpc) is 2.88. The van der Waals surface area contributed by atoms with Crippen LogP contribution in [0.1, 0.15) is 5.56 Å². The maximum Gasteiger partial charge on any atom is 0.110 e. The number of hydrogen-bond donors (Lipinski definition) is 0. The summed E-state index contributed by atoms with van der Waals surface area (Å²) >= 11 is 0. The summed E-state index contributed by atoms with van der Waals surface area (Å²) < 4.78 is 0. The molecule has 0 aliphatic carbocycles. The van der Waals surface area contributed by atoms with Gasteiger partial charge in [-0.1, -0.05) is 12.1 Å². The van der Waals surface area contributed by atoms with E-state index in [0.717, 1.165) is 6.42 Å². The summed E-state index contributed by atoms with van der Waals surface area (Å²) in [5, 5.41) is 0. The van der Waals surface area contributed by atoms with E-state index in [0.29, 0.717) is 6.17 Å². The third kappa shape index (κ3) is 1.04. The quantitative estimate of drug-likeness (QED) is 0.684. The Morgan fingerprint density at radius 2 is 1.94 bits per heavy atom. The molecule has 0 spiro atoms. The Balaban J connectivity index is 1.95. The summed E-state index contributed by atoms with van der Waals surface area (Å²) in [5.41, 5.74) is 5.26. The van der Waals surface area contributed by atoms with Gasteiger partial charge >= 0.3 is 0 Å². The van der Waals surface area contributed by atoms with Gasteiger partial charge in [-0.15, -0.1) is 0 Å². The van der Waals surface area contributed by atoms with Gasteiger partial charge < -0.3 is 9.80 Å².